The molecule has 1 N–H and O–H groups in total. The molecule has 0 saturated heterocycles. The van der Waals surface area contributed by atoms with E-state index >= 15 is 0 Å². The number of methoxy groups -OCH3 is 1. The van der Waals surface area contributed by atoms with Gasteiger partial charge in [-0.1, -0.05) is 19.9 Å². The Kier molecular flexibility index (Phi) is 7.10. The van der Waals surface area contributed by atoms with E-state index in [1.54, 1.807) is 37.0 Å². The van der Waals surface area contributed by atoms with E-state index in [1.165, 1.54) is 6.07 Å². The van der Waals surface area contributed by atoms with Crippen molar-refractivity contribution in [3.05, 3.63) is 59.4 Å². The van der Waals surface area contributed by atoms with Gasteiger partial charge in [0.15, 0.2) is 5.69 Å². The Morgan fingerprint density at radius 1 is 1.17 bits per heavy atom. The second-order valence-electron chi connectivity index (χ2n) is 8.88. The lowest BCUT2D eigenvalue weighted by Gasteiger charge is -2.15. The number of hydrogen-bond donors (Lipinski definition) is 1. The second-order valence-corrected chi connectivity index (χ2v) is 8.88. The van der Waals surface area contributed by atoms with E-state index in [1.807, 2.05) is 32.0 Å². The number of nitrogens with zero attached hydrogens (tertiary/aromatic N) is 2. The summed E-state index contributed by atoms with van der Waals surface area (Å²) in [6.45, 7) is 6.49. The Balaban J connectivity index is 1.89. The summed E-state index contributed by atoms with van der Waals surface area (Å²) < 4.78 is 18.7. The minimum absolute atomic E-state index is 0.0201. The van der Waals surface area contributed by atoms with E-state index in [-0.39, 0.29) is 23.8 Å². The second kappa shape index (κ2) is 10.2. The van der Waals surface area contributed by atoms with Gasteiger partial charge >= 0.3 is 11.9 Å². The van der Waals surface area contributed by atoms with Crippen molar-refractivity contribution in [1.82, 2.24) is 9.78 Å². The molecule has 4 rings (SSSR count). The molecule has 184 valence electrons. The van der Waals surface area contributed by atoms with Crippen molar-refractivity contribution in [2.75, 3.05) is 20.3 Å². The molecule has 0 bridgehead atoms. The number of carbonyl (C=O) groups is 2. The fraction of sp³-hybridized carbons (Fsp3) is 0.370. The van der Waals surface area contributed by atoms with E-state index < -0.39 is 11.9 Å². The first kappa shape index (κ1) is 24.3. The van der Waals surface area contributed by atoms with Crippen LogP contribution in [-0.4, -0.2) is 47.1 Å². The summed E-state index contributed by atoms with van der Waals surface area (Å²) in [5, 5.41) is 14.1. The average Bonchev–Trinajstić information content (AvgIpc) is 3.58. The maximum Gasteiger partial charge on any atom is 0.359 e. The standard InChI is InChI=1S/C27H30N2O6/c1-5-34-27(32)25-20(24-22(33-4)7-6-8-23(24)35-15-17-9-10-17)14-29(28-25)21-12-11-18(26(30)31)13-19(21)16(2)3/h6-8,11-14,16-17H,5,9-10,15H2,1-4H3,(H,30,31). The lowest BCUT2D eigenvalue weighted by molar-refractivity contribution is 0.0519. The van der Waals surface area contributed by atoms with E-state index in [2.05, 4.69) is 5.10 Å². The van der Waals surface area contributed by atoms with Gasteiger partial charge in [-0.3, -0.25) is 0 Å². The number of rotatable bonds is 10. The molecular weight excluding hydrogens is 448 g/mol. The maximum absolute atomic E-state index is 13.0. The molecular formula is C27H30N2O6. The van der Waals surface area contributed by atoms with Crippen molar-refractivity contribution in [3.8, 4) is 28.3 Å². The SMILES string of the molecule is CCOC(=O)c1nn(-c2ccc(C(=O)O)cc2C(C)C)cc1-c1c(OC)cccc1OCC1CC1. The van der Waals surface area contributed by atoms with Crippen LogP contribution >= 0.6 is 0 Å². The third kappa shape index (κ3) is 5.16. The molecule has 1 saturated carbocycles. The zero-order valence-corrected chi connectivity index (χ0v) is 20.4. The highest BCUT2D eigenvalue weighted by molar-refractivity contribution is 5.97. The first-order chi connectivity index (χ1) is 16.8. The molecule has 1 aromatic heterocycles. The van der Waals surface area contributed by atoms with Crippen LogP contribution in [-0.2, 0) is 4.74 Å². The highest BCUT2D eigenvalue weighted by atomic mass is 16.5. The van der Waals surface area contributed by atoms with Crippen LogP contribution in [0.2, 0.25) is 0 Å². The monoisotopic (exact) mass is 478 g/mol. The molecule has 0 atom stereocenters. The molecule has 0 aliphatic heterocycles. The minimum Gasteiger partial charge on any atom is -0.496 e. The van der Waals surface area contributed by atoms with Crippen LogP contribution in [0.3, 0.4) is 0 Å². The van der Waals surface area contributed by atoms with Crippen LogP contribution in [0.15, 0.2) is 42.6 Å². The highest BCUT2D eigenvalue weighted by Crippen LogP contribution is 2.42. The number of ether oxygens (including phenoxy) is 3. The molecule has 0 spiro atoms. The third-order valence-electron chi connectivity index (χ3n) is 5.98. The number of carboxylic acid groups (broad SMARTS) is 1. The number of aromatic nitrogens is 2. The number of esters is 1. The third-order valence-corrected chi connectivity index (χ3v) is 5.98. The topological polar surface area (TPSA) is 99.9 Å². The Bertz CT molecular complexity index is 1240. The van der Waals surface area contributed by atoms with Gasteiger partial charge in [0.25, 0.3) is 0 Å². The summed E-state index contributed by atoms with van der Waals surface area (Å²) in [6.07, 6.45) is 4.04. The number of aromatic carboxylic acids is 1. The van der Waals surface area contributed by atoms with Crippen LogP contribution < -0.4 is 9.47 Å². The van der Waals surface area contributed by atoms with Crippen LogP contribution in [0.1, 0.15) is 65.9 Å². The zero-order valence-electron chi connectivity index (χ0n) is 20.4. The smallest absolute Gasteiger partial charge is 0.359 e. The first-order valence-electron chi connectivity index (χ1n) is 11.8. The normalized spacial score (nSPS) is 13.1. The molecule has 1 fully saturated rings. The maximum atomic E-state index is 13.0. The number of benzene rings is 2. The van der Waals surface area contributed by atoms with E-state index in [0.717, 1.165) is 18.4 Å². The molecule has 8 nitrogen and oxygen atoms in total. The number of carboxylic acids is 1. The number of carbonyl (C=O) groups excluding carboxylic acids is 1. The van der Waals surface area contributed by atoms with E-state index in [4.69, 9.17) is 14.2 Å². The predicted octanol–water partition coefficient (Wildman–Crippen LogP) is 5.34. The summed E-state index contributed by atoms with van der Waals surface area (Å²) in [5.74, 6) is 0.154. The van der Waals surface area contributed by atoms with Crippen LogP contribution in [0.5, 0.6) is 11.5 Å². The highest BCUT2D eigenvalue weighted by Gasteiger charge is 2.28. The Hall–Kier alpha value is -3.81. The molecule has 1 heterocycles. The lowest BCUT2D eigenvalue weighted by atomic mass is 9.98. The molecule has 35 heavy (non-hydrogen) atoms. The van der Waals surface area contributed by atoms with Gasteiger partial charge in [-0.25, -0.2) is 14.3 Å². The molecule has 1 aliphatic rings. The van der Waals surface area contributed by atoms with Crippen molar-refractivity contribution in [1.29, 1.82) is 0 Å². The van der Waals surface area contributed by atoms with Crippen LogP contribution in [0, 0.1) is 5.92 Å². The quantitative estimate of drug-likeness (QED) is 0.393. The van der Waals surface area contributed by atoms with Gasteiger partial charge in [-0.05, 0) is 67.5 Å². The van der Waals surface area contributed by atoms with Gasteiger partial charge < -0.3 is 19.3 Å². The van der Waals surface area contributed by atoms with Gasteiger partial charge in [0.2, 0.25) is 0 Å². The van der Waals surface area contributed by atoms with Crippen LogP contribution in [0.4, 0.5) is 0 Å². The zero-order chi connectivity index (χ0) is 25.1. The molecule has 3 aromatic rings. The summed E-state index contributed by atoms with van der Waals surface area (Å²) in [6, 6.07) is 10.4. The van der Waals surface area contributed by atoms with Crippen molar-refractivity contribution in [3.63, 3.8) is 0 Å². The lowest BCUT2D eigenvalue weighted by Crippen LogP contribution is -2.09. The molecule has 0 amide bonds. The molecule has 8 heteroatoms. The first-order valence-corrected chi connectivity index (χ1v) is 11.8. The molecule has 1 aliphatic carbocycles. The van der Waals surface area contributed by atoms with Crippen molar-refractivity contribution < 1.29 is 28.9 Å². The Morgan fingerprint density at radius 2 is 1.91 bits per heavy atom. The fourth-order valence-electron chi connectivity index (χ4n) is 3.95. The molecule has 0 unspecified atom stereocenters. The number of hydrogen-bond acceptors (Lipinski definition) is 6. The molecule has 2 aromatic carbocycles. The van der Waals surface area contributed by atoms with E-state index in [0.29, 0.717) is 40.8 Å². The largest absolute Gasteiger partial charge is 0.496 e. The summed E-state index contributed by atoms with van der Waals surface area (Å²) in [7, 11) is 1.57. The Labute approximate surface area is 204 Å². The summed E-state index contributed by atoms with van der Waals surface area (Å²) in [4.78, 5) is 24.5. The van der Waals surface area contributed by atoms with Gasteiger partial charge in [0.05, 0.1) is 37.1 Å². The van der Waals surface area contributed by atoms with E-state index in [9.17, 15) is 14.7 Å². The van der Waals surface area contributed by atoms with Gasteiger partial charge in [0.1, 0.15) is 11.5 Å². The fourth-order valence-corrected chi connectivity index (χ4v) is 3.95. The average molecular weight is 479 g/mol. The predicted molar refractivity (Wildman–Crippen MR) is 131 cm³/mol. The minimum atomic E-state index is -1.00. The summed E-state index contributed by atoms with van der Waals surface area (Å²) >= 11 is 0. The van der Waals surface area contributed by atoms with Crippen LogP contribution in [0.25, 0.3) is 16.8 Å². The van der Waals surface area contributed by atoms with Crippen molar-refractivity contribution in [2.45, 2.75) is 39.5 Å². The van der Waals surface area contributed by atoms with Crippen molar-refractivity contribution in [2.24, 2.45) is 5.92 Å². The van der Waals surface area contributed by atoms with Gasteiger partial charge in [-0.15, -0.1) is 0 Å². The summed E-state index contributed by atoms with van der Waals surface area (Å²) in [5.41, 5.74) is 2.93. The van der Waals surface area contributed by atoms with Gasteiger partial charge in [0, 0.05) is 11.8 Å². The van der Waals surface area contributed by atoms with Gasteiger partial charge in [-0.2, -0.15) is 5.10 Å². The Morgan fingerprint density at radius 3 is 2.54 bits per heavy atom. The molecule has 0 radical (unpaired) electrons. The van der Waals surface area contributed by atoms with Crippen molar-refractivity contribution >= 4 is 11.9 Å².